The maximum atomic E-state index is 13.0. The first-order valence-corrected chi connectivity index (χ1v) is 7.73. The lowest BCUT2D eigenvalue weighted by atomic mass is 10.0. The highest BCUT2D eigenvalue weighted by Gasteiger charge is 2.07. The Morgan fingerprint density at radius 2 is 1.95 bits per heavy atom. The largest absolute Gasteiger partial charge is 0.370 e. The summed E-state index contributed by atoms with van der Waals surface area (Å²) in [5, 5.41) is 3.31. The molecule has 0 aliphatic heterocycles. The fraction of sp³-hybridized carbons (Fsp3) is 0.412. The molecule has 0 aliphatic carbocycles. The second kappa shape index (κ2) is 7.73. The van der Waals surface area contributed by atoms with Crippen molar-refractivity contribution in [3.63, 3.8) is 0 Å². The summed E-state index contributed by atoms with van der Waals surface area (Å²) in [6.45, 7) is 5.26. The molecule has 1 aromatic carbocycles. The average molecular weight is 302 g/mol. The maximum Gasteiger partial charge on any atom is 0.222 e. The van der Waals surface area contributed by atoms with Gasteiger partial charge in [0, 0.05) is 18.2 Å². The lowest BCUT2D eigenvalue weighted by molar-refractivity contribution is 0.528. The Labute approximate surface area is 131 Å². The number of hydrogen-bond acceptors (Lipinski definition) is 4. The van der Waals surface area contributed by atoms with E-state index >= 15 is 0 Å². The molecule has 0 radical (unpaired) electrons. The summed E-state index contributed by atoms with van der Waals surface area (Å²) in [4.78, 5) is 8.43. The second-order valence-corrected chi connectivity index (χ2v) is 5.63. The van der Waals surface area contributed by atoms with Gasteiger partial charge in [0.05, 0.1) is 5.69 Å². The van der Waals surface area contributed by atoms with E-state index in [0.29, 0.717) is 17.4 Å². The molecule has 1 heterocycles. The topological polar surface area (TPSA) is 63.8 Å². The molecule has 3 N–H and O–H groups in total. The van der Waals surface area contributed by atoms with Crippen LogP contribution in [-0.4, -0.2) is 16.5 Å². The SMILES string of the molecule is CCCCC(C)CNc1cc(-c2ccc(F)cc2)nc(N)n1. The van der Waals surface area contributed by atoms with E-state index in [1.54, 1.807) is 12.1 Å². The summed E-state index contributed by atoms with van der Waals surface area (Å²) >= 11 is 0. The number of aromatic nitrogens is 2. The number of anilines is 2. The average Bonchev–Trinajstić information content (AvgIpc) is 2.51. The van der Waals surface area contributed by atoms with E-state index in [9.17, 15) is 4.39 Å². The molecule has 4 nitrogen and oxygen atoms in total. The molecule has 1 atom stereocenters. The van der Waals surface area contributed by atoms with Crippen molar-refractivity contribution in [2.24, 2.45) is 5.92 Å². The lowest BCUT2D eigenvalue weighted by Crippen LogP contribution is -2.13. The number of unbranched alkanes of at least 4 members (excludes halogenated alkanes) is 1. The van der Waals surface area contributed by atoms with Gasteiger partial charge in [0.15, 0.2) is 0 Å². The zero-order chi connectivity index (χ0) is 15.9. The predicted molar refractivity (Wildman–Crippen MR) is 89.0 cm³/mol. The molecule has 22 heavy (non-hydrogen) atoms. The van der Waals surface area contributed by atoms with Gasteiger partial charge >= 0.3 is 0 Å². The first kappa shape index (κ1) is 16.2. The Morgan fingerprint density at radius 1 is 1.23 bits per heavy atom. The number of nitrogens with zero attached hydrogens (tertiary/aromatic N) is 2. The van der Waals surface area contributed by atoms with Crippen LogP contribution in [0.15, 0.2) is 30.3 Å². The van der Waals surface area contributed by atoms with Crippen molar-refractivity contribution in [3.8, 4) is 11.3 Å². The van der Waals surface area contributed by atoms with E-state index in [-0.39, 0.29) is 11.8 Å². The number of halogens is 1. The summed E-state index contributed by atoms with van der Waals surface area (Å²) < 4.78 is 13.0. The molecule has 0 saturated heterocycles. The molecule has 0 amide bonds. The Balaban J connectivity index is 2.08. The number of rotatable bonds is 7. The maximum absolute atomic E-state index is 13.0. The molecule has 0 spiro atoms. The Morgan fingerprint density at radius 3 is 2.64 bits per heavy atom. The lowest BCUT2D eigenvalue weighted by Gasteiger charge is -2.13. The molecule has 0 bridgehead atoms. The molecule has 2 rings (SSSR count). The standard InChI is InChI=1S/C17H23FN4/c1-3-4-5-12(2)11-20-16-10-15(21-17(19)22-16)13-6-8-14(18)9-7-13/h6-10,12H,3-5,11H2,1-2H3,(H3,19,20,21,22). The van der Waals surface area contributed by atoms with Crippen LogP contribution in [0.1, 0.15) is 33.1 Å². The van der Waals surface area contributed by atoms with Crippen LogP contribution in [0.3, 0.4) is 0 Å². The Hall–Kier alpha value is -2.17. The molecule has 0 saturated carbocycles. The Bertz CT molecular complexity index is 598. The van der Waals surface area contributed by atoms with Crippen LogP contribution in [0.5, 0.6) is 0 Å². The third-order valence-corrected chi connectivity index (χ3v) is 3.57. The third kappa shape index (κ3) is 4.69. The summed E-state index contributed by atoms with van der Waals surface area (Å²) in [7, 11) is 0. The van der Waals surface area contributed by atoms with Crippen molar-refractivity contribution in [1.82, 2.24) is 9.97 Å². The molecule has 2 aromatic rings. The van der Waals surface area contributed by atoms with E-state index in [0.717, 1.165) is 12.1 Å². The quantitative estimate of drug-likeness (QED) is 0.808. The van der Waals surface area contributed by atoms with Gasteiger partial charge < -0.3 is 11.1 Å². The van der Waals surface area contributed by atoms with Crippen LogP contribution in [0, 0.1) is 11.7 Å². The number of nitrogens with two attached hydrogens (primary N) is 1. The first-order valence-electron chi connectivity index (χ1n) is 7.73. The van der Waals surface area contributed by atoms with E-state index in [1.807, 2.05) is 6.07 Å². The molecule has 1 unspecified atom stereocenters. The van der Waals surface area contributed by atoms with E-state index in [1.165, 1.54) is 31.4 Å². The zero-order valence-electron chi connectivity index (χ0n) is 13.1. The first-order chi connectivity index (χ1) is 10.6. The number of nitrogen functional groups attached to an aromatic ring is 1. The third-order valence-electron chi connectivity index (χ3n) is 3.57. The van der Waals surface area contributed by atoms with E-state index in [4.69, 9.17) is 5.73 Å². The summed E-state index contributed by atoms with van der Waals surface area (Å²) in [6, 6.07) is 8.03. The van der Waals surface area contributed by atoms with Gasteiger partial charge in [-0.1, -0.05) is 26.7 Å². The van der Waals surface area contributed by atoms with Crippen molar-refractivity contribution >= 4 is 11.8 Å². The van der Waals surface area contributed by atoms with E-state index < -0.39 is 0 Å². The highest BCUT2D eigenvalue weighted by Crippen LogP contribution is 2.21. The minimum Gasteiger partial charge on any atom is -0.370 e. The number of nitrogens with one attached hydrogen (secondary N) is 1. The van der Waals surface area contributed by atoms with Crippen LogP contribution >= 0.6 is 0 Å². The number of hydrogen-bond donors (Lipinski definition) is 2. The molecule has 0 aliphatic rings. The van der Waals surface area contributed by atoms with Gasteiger partial charge in [-0.05, 0) is 36.6 Å². The van der Waals surface area contributed by atoms with Gasteiger partial charge in [-0.25, -0.2) is 9.37 Å². The smallest absolute Gasteiger partial charge is 0.222 e. The molecule has 1 aromatic heterocycles. The zero-order valence-corrected chi connectivity index (χ0v) is 13.1. The van der Waals surface area contributed by atoms with Crippen molar-refractivity contribution < 1.29 is 4.39 Å². The summed E-state index contributed by atoms with van der Waals surface area (Å²) in [5.74, 6) is 1.22. The molecule has 118 valence electrons. The van der Waals surface area contributed by atoms with Crippen LogP contribution < -0.4 is 11.1 Å². The monoisotopic (exact) mass is 302 g/mol. The van der Waals surface area contributed by atoms with Gasteiger partial charge in [0.25, 0.3) is 0 Å². The van der Waals surface area contributed by atoms with Gasteiger partial charge in [0.1, 0.15) is 11.6 Å². The minimum absolute atomic E-state index is 0.213. The highest BCUT2D eigenvalue weighted by molar-refractivity contribution is 5.63. The second-order valence-electron chi connectivity index (χ2n) is 5.63. The van der Waals surface area contributed by atoms with Gasteiger partial charge in [-0.3, -0.25) is 0 Å². The number of benzene rings is 1. The minimum atomic E-state index is -0.270. The summed E-state index contributed by atoms with van der Waals surface area (Å²) in [5.41, 5.74) is 7.29. The fourth-order valence-electron chi connectivity index (χ4n) is 2.26. The van der Waals surface area contributed by atoms with Crippen LogP contribution in [0.2, 0.25) is 0 Å². The van der Waals surface area contributed by atoms with Crippen molar-refractivity contribution in [3.05, 3.63) is 36.1 Å². The normalized spacial score (nSPS) is 12.1. The predicted octanol–water partition coefficient (Wildman–Crippen LogP) is 4.10. The molecular formula is C17H23FN4. The van der Waals surface area contributed by atoms with Gasteiger partial charge in [-0.15, -0.1) is 0 Å². The van der Waals surface area contributed by atoms with Crippen molar-refractivity contribution in [2.75, 3.05) is 17.6 Å². The van der Waals surface area contributed by atoms with Crippen LogP contribution in [0.4, 0.5) is 16.2 Å². The molecular weight excluding hydrogens is 279 g/mol. The van der Waals surface area contributed by atoms with Gasteiger partial charge in [-0.2, -0.15) is 4.98 Å². The van der Waals surface area contributed by atoms with Gasteiger partial charge in [0.2, 0.25) is 5.95 Å². The fourth-order valence-corrected chi connectivity index (χ4v) is 2.26. The highest BCUT2D eigenvalue weighted by atomic mass is 19.1. The Kier molecular flexibility index (Phi) is 5.69. The molecule has 0 fully saturated rings. The van der Waals surface area contributed by atoms with Crippen molar-refractivity contribution in [1.29, 1.82) is 0 Å². The summed E-state index contributed by atoms with van der Waals surface area (Å²) in [6.07, 6.45) is 3.63. The van der Waals surface area contributed by atoms with E-state index in [2.05, 4.69) is 29.1 Å². The van der Waals surface area contributed by atoms with Crippen LogP contribution in [0.25, 0.3) is 11.3 Å². The van der Waals surface area contributed by atoms with Crippen molar-refractivity contribution in [2.45, 2.75) is 33.1 Å². The van der Waals surface area contributed by atoms with Crippen LogP contribution in [-0.2, 0) is 0 Å². The molecule has 5 heteroatoms.